The maximum Gasteiger partial charge on any atom is 0.261 e. The summed E-state index contributed by atoms with van der Waals surface area (Å²) in [5.74, 6) is 0. The van der Waals surface area contributed by atoms with E-state index in [0.29, 0.717) is 5.69 Å². The molecule has 0 amide bonds. The van der Waals surface area contributed by atoms with Crippen molar-refractivity contribution in [3.63, 3.8) is 0 Å². The Morgan fingerprint density at radius 2 is 1.54 bits per heavy atom. The van der Waals surface area contributed by atoms with Crippen molar-refractivity contribution in [1.29, 1.82) is 0 Å². The van der Waals surface area contributed by atoms with Crippen LogP contribution < -0.4 is 4.72 Å². The zero-order valence-electron chi connectivity index (χ0n) is 12.7. The van der Waals surface area contributed by atoms with E-state index in [2.05, 4.69) is 9.71 Å². The van der Waals surface area contributed by atoms with E-state index in [4.69, 9.17) is 0 Å². The van der Waals surface area contributed by atoms with Crippen LogP contribution in [0.1, 0.15) is 0 Å². The van der Waals surface area contributed by atoms with Gasteiger partial charge in [-0.25, -0.2) is 16.8 Å². The average molecular weight is 362 g/mol. The predicted molar refractivity (Wildman–Crippen MR) is 92.1 cm³/mol. The summed E-state index contributed by atoms with van der Waals surface area (Å²) in [6.07, 6.45) is 4.30. The molecule has 2 aromatic carbocycles. The predicted octanol–water partition coefficient (Wildman–Crippen LogP) is 2.44. The second-order valence-corrected chi connectivity index (χ2v) is 8.95. The molecule has 1 N–H and O–H groups in total. The Morgan fingerprint density at radius 3 is 2.21 bits per heavy atom. The van der Waals surface area contributed by atoms with E-state index >= 15 is 0 Å². The summed E-state index contributed by atoms with van der Waals surface area (Å²) < 4.78 is 50.5. The summed E-state index contributed by atoms with van der Waals surface area (Å²) >= 11 is 0. The molecule has 0 bridgehead atoms. The first kappa shape index (κ1) is 16.4. The van der Waals surface area contributed by atoms with E-state index in [1.54, 1.807) is 30.6 Å². The number of sulfonamides is 1. The van der Waals surface area contributed by atoms with Crippen molar-refractivity contribution >= 4 is 36.3 Å². The number of rotatable bonds is 4. The zero-order chi connectivity index (χ0) is 17.4. The number of hydrogen-bond donors (Lipinski definition) is 1. The molecule has 6 nitrogen and oxygen atoms in total. The number of benzene rings is 2. The van der Waals surface area contributed by atoms with Gasteiger partial charge in [0.25, 0.3) is 10.0 Å². The fourth-order valence-corrected chi connectivity index (χ4v) is 3.99. The number of hydrogen-bond acceptors (Lipinski definition) is 5. The Balaban J connectivity index is 1.99. The minimum absolute atomic E-state index is 0.0130. The summed E-state index contributed by atoms with van der Waals surface area (Å²) in [5.41, 5.74) is 0.432. The Morgan fingerprint density at radius 1 is 0.875 bits per heavy atom. The van der Waals surface area contributed by atoms with Gasteiger partial charge in [-0.15, -0.1) is 0 Å². The van der Waals surface area contributed by atoms with Gasteiger partial charge in [0.05, 0.1) is 15.5 Å². The van der Waals surface area contributed by atoms with Crippen LogP contribution in [-0.2, 0) is 19.9 Å². The van der Waals surface area contributed by atoms with Gasteiger partial charge >= 0.3 is 0 Å². The molecule has 0 aliphatic rings. The molecule has 0 unspecified atom stereocenters. The number of nitrogens with one attached hydrogen (secondary N) is 1. The second-order valence-electron chi connectivity index (χ2n) is 5.25. The topological polar surface area (TPSA) is 93.2 Å². The van der Waals surface area contributed by atoms with E-state index in [0.717, 1.165) is 17.0 Å². The highest BCUT2D eigenvalue weighted by Gasteiger charge is 2.17. The van der Waals surface area contributed by atoms with Crippen LogP contribution in [0.5, 0.6) is 0 Å². The van der Waals surface area contributed by atoms with E-state index in [9.17, 15) is 16.8 Å². The van der Waals surface area contributed by atoms with Gasteiger partial charge in [0, 0.05) is 29.4 Å². The summed E-state index contributed by atoms with van der Waals surface area (Å²) in [4.78, 5) is 4.06. The molecular weight excluding hydrogens is 348 g/mol. The number of nitrogens with zero attached hydrogens (tertiary/aromatic N) is 1. The molecule has 0 atom stereocenters. The smallest absolute Gasteiger partial charge is 0.261 e. The van der Waals surface area contributed by atoms with Crippen LogP contribution >= 0.6 is 0 Å². The van der Waals surface area contributed by atoms with Gasteiger partial charge in [0.2, 0.25) is 0 Å². The summed E-state index contributed by atoms with van der Waals surface area (Å²) in [5, 5.41) is 1.54. The van der Waals surface area contributed by atoms with Crippen LogP contribution in [0, 0.1) is 0 Å². The van der Waals surface area contributed by atoms with E-state index in [1.165, 1.54) is 24.3 Å². The van der Waals surface area contributed by atoms with Gasteiger partial charge in [-0.2, -0.15) is 0 Å². The molecule has 0 fully saturated rings. The maximum atomic E-state index is 12.5. The van der Waals surface area contributed by atoms with Gasteiger partial charge < -0.3 is 0 Å². The normalized spacial score (nSPS) is 12.2. The first-order valence-electron chi connectivity index (χ1n) is 6.93. The molecule has 0 saturated heterocycles. The van der Waals surface area contributed by atoms with E-state index in [1.807, 2.05) is 6.07 Å². The number of anilines is 1. The molecule has 3 aromatic rings. The SMILES string of the molecule is CS(=O)(=O)c1ccc(S(=O)(=O)Nc2cccc3cnccc23)cc1. The molecule has 0 radical (unpaired) electrons. The molecule has 124 valence electrons. The van der Waals surface area contributed by atoms with Crippen molar-refractivity contribution in [2.24, 2.45) is 0 Å². The number of pyridine rings is 1. The van der Waals surface area contributed by atoms with Crippen molar-refractivity contribution in [2.45, 2.75) is 9.79 Å². The first-order valence-corrected chi connectivity index (χ1v) is 10.3. The van der Waals surface area contributed by atoms with Crippen molar-refractivity contribution in [3.8, 4) is 0 Å². The molecule has 0 aliphatic heterocycles. The van der Waals surface area contributed by atoms with Crippen molar-refractivity contribution < 1.29 is 16.8 Å². The third kappa shape index (κ3) is 3.24. The van der Waals surface area contributed by atoms with Crippen LogP contribution in [-0.4, -0.2) is 28.1 Å². The van der Waals surface area contributed by atoms with Gasteiger partial charge in [0.15, 0.2) is 9.84 Å². The fraction of sp³-hybridized carbons (Fsp3) is 0.0625. The van der Waals surface area contributed by atoms with Crippen LogP contribution in [0.2, 0.25) is 0 Å². The van der Waals surface area contributed by atoms with Crippen molar-refractivity contribution in [3.05, 3.63) is 60.9 Å². The molecule has 0 spiro atoms. The van der Waals surface area contributed by atoms with Gasteiger partial charge in [-0.3, -0.25) is 9.71 Å². The summed E-state index contributed by atoms with van der Waals surface area (Å²) in [6.45, 7) is 0. The third-order valence-electron chi connectivity index (χ3n) is 3.49. The van der Waals surface area contributed by atoms with Crippen LogP contribution in [0.25, 0.3) is 10.8 Å². The molecule has 0 aliphatic carbocycles. The molecule has 8 heteroatoms. The van der Waals surface area contributed by atoms with Crippen LogP contribution in [0.4, 0.5) is 5.69 Å². The van der Waals surface area contributed by atoms with Crippen LogP contribution in [0.3, 0.4) is 0 Å². The lowest BCUT2D eigenvalue weighted by Gasteiger charge is -2.11. The third-order valence-corrected chi connectivity index (χ3v) is 6.00. The lowest BCUT2D eigenvalue weighted by Crippen LogP contribution is -2.13. The van der Waals surface area contributed by atoms with Crippen LogP contribution in [0.15, 0.2) is 70.7 Å². The maximum absolute atomic E-state index is 12.5. The highest BCUT2D eigenvalue weighted by molar-refractivity contribution is 7.92. The lowest BCUT2D eigenvalue weighted by atomic mass is 10.1. The molecule has 24 heavy (non-hydrogen) atoms. The Kier molecular flexibility index (Phi) is 4.02. The first-order chi connectivity index (χ1) is 11.3. The molecule has 3 rings (SSSR count). The van der Waals surface area contributed by atoms with Gasteiger partial charge in [-0.1, -0.05) is 12.1 Å². The lowest BCUT2D eigenvalue weighted by molar-refractivity contribution is 0.597. The fourth-order valence-electron chi connectivity index (χ4n) is 2.28. The van der Waals surface area contributed by atoms with Crippen molar-refractivity contribution in [2.75, 3.05) is 11.0 Å². The largest absolute Gasteiger partial charge is 0.279 e. The number of aromatic nitrogens is 1. The Bertz CT molecular complexity index is 1100. The molecule has 1 aromatic heterocycles. The van der Waals surface area contributed by atoms with Crippen molar-refractivity contribution in [1.82, 2.24) is 4.98 Å². The Labute approximate surface area is 140 Å². The number of fused-ring (bicyclic) bond motifs is 1. The van der Waals surface area contributed by atoms with E-state index < -0.39 is 19.9 Å². The molecular formula is C16H14N2O4S2. The monoisotopic (exact) mass is 362 g/mol. The minimum Gasteiger partial charge on any atom is -0.279 e. The standard InChI is InChI=1S/C16H14N2O4S2/c1-23(19,20)13-5-7-14(8-6-13)24(21,22)18-16-4-2-3-12-11-17-10-9-15(12)16/h2-11,18H,1H3. The molecule has 1 heterocycles. The Hall–Kier alpha value is -2.45. The number of sulfone groups is 1. The van der Waals surface area contributed by atoms with Gasteiger partial charge in [-0.05, 0) is 36.4 Å². The second kappa shape index (κ2) is 5.88. The highest BCUT2D eigenvalue weighted by Crippen LogP contribution is 2.25. The van der Waals surface area contributed by atoms with Gasteiger partial charge in [0.1, 0.15) is 0 Å². The minimum atomic E-state index is -3.83. The summed E-state index contributed by atoms with van der Waals surface area (Å²) in [7, 11) is -7.21. The zero-order valence-corrected chi connectivity index (χ0v) is 14.3. The molecule has 0 saturated carbocycles. The quantitative estimate of drug-likeness (QED) is 0.769. The highest BCUT2D eigenvalue weighted by atomic mass is 32.2. The summed E-state index contributed by atoms with van der Waals surface area (Å²) in [6, 6.07) is 12.0. The average Bonchev–Trinajstić information content (AvgIpc) is 2.54. The van der Waals surface area contributed by atoms with E-state index in [-0.39, 0.29) is 9.79 Å².